The molecule has 0 spiro atoms. The molecule has 1 saturated heterocycles. The first-order valence-electron chi connectivity index (χ1n) is 7.87. The van der Waals surface area contributed by atoms with Crippen molar-refractivity contribution in [2.24, 2.45) is 0 Å². The predicted molar refractivity (Wildman–Crippen MR) is 74.4 cm³/mol. The van der Waals surface area contributed by atoms with Crippen LogP contribution < -0.4 is 5.32 Å². The molecule has 1 aliphatic heterocycles. The molecule has 2 fully saturated rings. The van der Waals surface area contributed by atoms with Gasteiger partial charge in [0.1, 0.15) is 0 Å². The molecule has 0 aromatic carbocycles. The van der Waals surface area contributed by atoms with E-state index >= 15 is 0 Å². The lowest BCUT2D eigenvalue weighted by molar-refractivity contribution is 0.173. The van der Waals surface area contributed by atoms with Crippen LogP contribution >= 0.6 is 0 Å². The Kier molecular flexibility index (Phi) is 5.79. The summed E-state index contributed by atoms with van der Waals surface area (Å²) < 4.78 is 0. The molecular formula is C15H30N2. The Hall–Kier alpha value is -0.0800. The molecule has 0 amide bonds. The largest absolute Gasteiger partial charge is 0.313 e. The van der Waals surface area contributed by atoms with E-state index in [4.69, 9.17) is 0 Å². The third kappa shape index (κ3) is 4.26. The number of nitrogens with zero attached hydrogens (tertiary/aromatic N) is 1. The van der Waals surface area contributed by atoms with E-state index in [1.807, 2.05) is 0 Å². The van der Waals surface area contributed by atoms with Crippen LogP contribution in [-0.2, 0) is 0 Å². The van der Waals surface area contributed by atoms with Gasteiger partial charge in [0.15, 0.2) is 0 Å². The fourth-order valence-electron chi connectivity index (χ4n) is 3.52. The van der Waals surface area contributed by atoms with Crippen LogP contribution in [0.25, 0.3) is 0 Å². The molecular weight excluding hydrogens is 208 g/mol. The second-order valence-corrected chi connectivity index (χ2v) is 5.93. The van der Waals surface area contributed by atoms with Crippen molar-refractivity contribution in [3.63, 3.8) is 0 Å². The van der Waals surface area contributed by atoms with E-state index in [1.54, 1.807) is 0 Å². The van der Waals surface area contributed by atoms with E-state index < -0.39 is 0 Å². The maximum atomic E-state index is 3.73. The molecule has 1 aliphatic carbocycles. The number of hydrogen-bond donors (Lipinski definition) is 1. The van der Waals surface area contributed by atoms with Crippen molar-refractivity contribution in [2.45, 2.75) is 76.8 Å². The van der Waals surface area contributed by atoms with Crippen LogP contribution in [0.5, 0.6) is 0 Å². The summed E-state index contributed by atoms with van der Waals surface area (Å²) in [6.45, 7) is 6.17. The van der Waals surface area contributed by atoms with E-state index in [9.17, 15) is 0 Å². The van der Waals surface area contributed by atoms with Gasteiger partial charge >= 0.3 is 0 Å². The monoisotopic (exact) mass is 238 g/mol. The minimum atomic E-state index is 0.755. The van der Waals surface area contributed by atoms with Crippen LogP contribution in [0.2, 0.25) is 0 Å². The zero-order valence-corrected chi connectivity index (χ0v) is 11.6. The second kappa shape index (κ2) is 7.38. The zero-order chi connectivity index (χ0) is 11.9. The molecule has 2 nitrogen and oxygen atoms in total. The molecule has 2 aliphatic rings. The van der Waals surface area contributed by atoms with Gasteiger partial charge in [-0.1, -0.05) is 39.0 Å². The maximum absolute atomic E-state index is 3.73. The van der Waals surface area contributed by atoms with Crippen LogP contribution in [0.1, 0.15) is 64.7 Å². The van der Waals surface area contributed by atoms with Crippen molar-refractivity contribution < 1.29 is 0 Å². The normalized spacial score (nSPS) is 29.8. The van der Waals surface area contributed by atoms with E-state index in [0.29, 0.717) is 0 Å². The first kappa shape index (κ1) is 13.4. The van der Waals surface area contributed by atoms with Gasteiger partial charge in [-0.3, -0.25) is 4.90 Å². The van der Waals surface area contributed by atoms with Crippen LogP contribution in [0.15, 0.2) is 0 Å². The summed E-state index contributed by atoms with van der Waals surface area (Å²) >= 11 is 0. The highest BCUT2D eigenvalue weighted by atomic mass is 15.2. The topological polar surface area (TPSA) is 15.3 Å². The van der Waals surface area contributed by atoms with Gasteiger partial charge < -0.3 is 5.32 Å². The van der Waals surface area contributed by atoms with E-state index in [1.165, 1.54) is 77.4 Å². The molecule has 17 heavy (non-hydrogen) atoms. The Bertz CT molecular complexity index is 197. The summed E-state index contributed by atoms with van der Waals surface area (Å²) in [6.07, 6.45) is 12.8. The average Bonchev–Trinajstić information content (AvgIpc) is 2.71. The van der Waals surface area contributed by atoms with Gasteiger partial charge in [-0.2, -0.15) is 0 Å². The van der Waals surface area contributed by atoms with E-state index in [-0.39, 0.29) is 0 Å². The SMILES string of the molecule is CCCC1CN(C2CCCCCC2)CCCN1. The summed E-state index contributed by atoms with van der Waals surface area (Å²) in [6, 6.07) is 1.66. The van der Waals surface area contributed by atoms with Gasteiger partial charge in [0.25, 0.3) is 0 Å². The van der Waals surface area contributed by atoms with E-state index in [2.05, 4.69) is 17.1 Å². The molecule has 0 radical (unpaired) electrons. The Morgan fingerprint density at radius 2 is 1.82 bits per heavy atom. The van der Waals surface area contributed by atoms with Crippen molar-refractivity contribution in [3.8, 4) is 0 Å². The van der Waals surface area contributed by atoms with Crippen molar-refractivity contribution in [3.05, 3.63) is 0 Å². The van der Waals surface area contributed by atoms with E-state index in [0.717, 1.165) is 12.1 Å². The zero-order valence-electron chi connectivity index (χ0n) is 11.6. The summed E-state index contributed by atoms with van der Waals surface area (Å²) in [5.41, 5.74) is 0. The lowest BCUT2D eigenvalue weighted by atomic mass is 10.1. The highest BCUT2D eigenvalue weighted by molar-refractivity contribution is 4.82. The molecule has 1 saturated carbocycles. The van der Waals surface area contributed by atoms with Gasteiger partial charge in [-0.25, -0.2) is 0 Å². The molecule has 2 heteroatoms. The first-order valence-corrected chi connectivity index (χ1v) is 7.87. The predicted octanol–water partition coefficient (Wildman–Crippen LogP) is 3.17. The lowest BCUT2D eigenvalue weighted by Crippen LogP contribution is -2.42. The van der Waals surface area contributed by atoms with Gasteiger partial charge in [0.2, 0.25) is 0 Å². The Balaban J connectivity index is 1.87. The molecule has 2 rings (SSSR count). The number of nitrogens with one attached hydrogen (secondary N) is 1. The van der Waals surface area contributed by atoms with Gasteiger partial charge in [0.05, 0.1) is 0 Å². The Morgan fingerprint density at radius 1 is 1.06 bits per heavy atom. The van der Waals surface area contributed by atoms with Crippen LogP contribution in [0.3, 0.4) is 0 Å². The highest BCUT2D eigenvalue weighted by Gasteiger charge is 2.24. The molecule has 0 aromatic heterocycles. The minimum absolute atomic E-state index is 0.755. The molecule has 1 heterocycles. The van der Waals surface area contributed by atoms with Crippen molar-refractivity contribution in [2.75, 3.05) is 19.6 Å². The first-order chi connectivity index (χ1) is 8.40. The lowest BCUT2D eigenvalue weighted by Gasteiger charge is -2.32. The Morgan fingerprint density at radius 3 is 2.53 bits per heavy atom. The molecule has 1 unspecified atom stereocenters. The highest BCUT2D eigenvalue weighted by Crippen LogP contribution is 2.23. The maximum Gasteiger partial charge on any atom is 0.0195 e. The number of rotatable bonds is 3. The number of hydrogen-bond acceptors (Lipinski definition) is 2. The standard InChI is InChI=1S/C15H30N2/c1-2-8-14-13-17(12-7-11-16-14)15-9-5-3-4-6-10-15/h14-16H,2-13H2,1H3. The third-order valence-electron chi connectivity index (χ3n) is 4.49. The fraction of sp³-hybridized carbons (Fsp3) is 1.00. The molecule has 0 aromatic rings. The van der Waals surface area contributed by atoms with Gasteiger partial charge in [-0.15, -0.1) is 0 Å². The minimum Gasteiger partial charge on any atom is -0.313 e. The molecule has 100 valence electrons. The molecule has 0 bridgehead atoms. The summed E-state index contributed by atoms with van der Waals surface area (Å²) in [5, 5.41) is 3.73. The van der Waals surface area contributed by atoms with Crippen molar-refractivity contribution in [1.82, 2.24) is 10.2 Å². The van der Waals surface area contributed by atoms with Crippen LogP contribution in [-0.4, -0.2) is 36.6 Å². The molecule has 1 atom stereocenters. The quantitative estimate of drug-likeness (QED) is 0.760. The van der Waals surface area contributed by atoms with Crippen LogP contribution in [0, 0.1) is 0 Å². The average molecular weight is 238 g/mol. The summed E-state index contributed by atoms with van der Waals surface area (Å²) in [4.78, 5) is 2.81. The Labute approximate surface area is 107 Å². The van der Waals surface area contributed by atoms with Gasteiger partial charge in [0, 0.05) is 18.6 Å². The van der Waals surface area contributed by atoms with Gasteiger partial charge in [-0.05, 0) is 38.8 Å². The fourth-order valence-corrected chi connectivity index (χ4v) is 3.52. The summed E-state index contributed by atoms with van der Waals surface area (Å²) in [5.74, 6) is 0. The summed E-state index contributed by atoms with van der Waals surface area (Å²) in [7, 11) is 0. The molecule has 1 N–H and O–H groups in total. The van der Waals surface area contributed by atoms with Crippen molar-refractivity contribution >= 4 is 0 Å². The third-order valence-corrected chi connectivity index (χ3v) is 4.49. The van der Waals surface area contributed by atoms with Crippen molar-refractivity contribution in [1.29, 1.82) is 0 Å². The van der Waals surface area contributed by atoms with Crippen LogP contribution in [0.4, 0.5) is 0 Å². The second-order valence-electron chi connectivity index (χ2n) is 5.93. The smallest absolute Gasteiger partial charge is 0.0195 e.